The highest BCUT2D eigenvalue weighted by Gasteiger charge is 2.76. The summed E-state index contributed by atoms with van der Waals surface area (Å²) in [5.41, 5.74) is 3.03. The first kappa shape index (κ1) is 52.4. The van der Waals surface area contributed by atoms with Gasteiger partial charge in [-0.3, -0.25) is 9.59 Å². The Morgan fingerprint density at radius 2 is 1.70 bits per heavy atom. The zero-order valence-electron chi connectivity index (χ0n) is 42.6. The number of aliphatic hydroxyl groups excluding tert-OH is 7. The monoisotopic (exact) mass is 983 g/mol. The average Bonchev–Trinajstić information content (AvgIpc) is 4.12. The fourth-order valence-corrected chi connectivity index (χ4v) is 18.6. The van der Waals surface area contributed by atoms with E-state index in [1.165, 1.54) is 5.57 Å². The summed E-state index contributed by atoms with van der Waals surface area (Å²) in [5, 5.41) is 95.6. The normalized spacial score (nSPS) is 48.4. The molecular weight excluding hydrogens is 897 g/mol. The van der Waals surface area contributed by atoms with E-state index >= 15 is 0 Å². The van der Waals surface area contributed by atoms with E-state index in [1.807, 2.05) is 13.1 Å². The second-order valence-electron chi connectivity index (χ2n) is 25.2. The Labute approximate surface area is 414 Å². The minimum Gasteiger partial charge on any atom is -0.481 e. The summed E-state index contributed by atoms with van der Waals surface area (Å²) in [4.78, 5) is 36.4. The lowest BCUT2D eigenvalue weighted by Crippen LogP contribution is -2.74. The number of hydrogen-bond donors (Lipinski definition) is 11. The van der Waals surface area contributed by atoms with Crippen molar-refractivity contribution in [3.63, 3.8) is 0 Å². The lowest BCUT2D eigenvalue weighted by atomic mass is 9.30. The van der Waals surface area contributed by atoms with Gasteiger partial charge < -0.3 is 66.4 Å². The number of imidazole rings is 1. The zero-order valence-corrected chi connectivity index (χ0v) is 42.6. The molecule has 5 saturated carbocycles. The molecule has 1 aromatic rings. The van der Waals surface area contributed by atoms with Crippen LogP contribution in [0.4, 0.5) is 0 Å². The summed E-state index contributed by atoms with van der Waals surface area (Å²) in [6.45, 7) is 12.6. The largest absolute Gasteiger partial charge is 0.481 e. The van der Waals surface area contributed by atoms with Gasteiger partial charge in [-0.2, -0.15) is 0 Å². The fraction of sp³-hybridized carbons (Fsp3) is 0.870. The van der Waals surface area contributed by atoms with Crippen LogP contribution in [0, 0.1) is 73.4 Å². The van der Waals surface area contributed by atoms with Gasteiger partial charge in [-0.15, -0.1) is 0 Å². The van der Waals surface area contributed by atoms with Gasteiger partial charge in [-0.05, 0) is 141 Å². The van der Waals surface area contributed by atoms with Gasteiger partial charge >= 0.3 is 5.97 Å². The first-order chi connectivity index (χ1) is 33.1. The van der Waals surface area contributed by atoms with Crippen molar-refractivity contribution in [1.82, 2.24) is 15.3 Å². The van der Waals surface area contributed by atoms with Crippen LogP contribution in [0.15, 0.2) is 24.2 Å². The number of rotatable bonds is 14. The van der Waals surface area contributed by atoms with Crippen molar-refractivity contribution in [2.75, 3.05) is 26.4 Å². The highest BCUT2D eigenvalue weighted by molar-refractivity contribution is 5.86. The van der Waals surface area contributed by atoms with Crippen molar-refractivity contribution in [2.24, 2.45) is 79.1 Å². The van der Waals surface area contributed by atoms with E-state index in [4.69, 9.17) is 15.2 Å². The fourth-order valence-electron chi connectivity index (χ4n) is 18.6. The Morgan fingerprint density at radius 3 is 2.33 bits per heavy atom. The molecule has 7 fully saturated rings. The number of aromatic nitrogens is 2. The number of carbonyl (C=O) groups excluding carboxylic acids is 1. The maximum Gasteiger partial charge on any atom is 0.310 e. The SMILES string of the molecule is CC[C@H]1C[C@@]2(C(=O)O)CC[C@](C)(CO)C[C@H]2C2=CC[C@@H]3[C@]4(C)[C@H](CC[C@@]3(C)[C@@]21C)[C@](C)([C@H](O)CO)[C@H](O[C@@H]1OC[C@@H](O)[C@H](O)[C@H]1O)[C@H](O)[C@@H]4C[C@@H]1[C@@H]([C@H](CCCN)c2cnc[nH]2)NC(=O)C12CCCC2. The number of hydrogen-bond acceptors (Lipinski definition) is 13. The van der Waals surface area contributed by atoms with Gasteiger partial charge in [-0.1, -0.05) is 72.5 Å². The molecule has 1 aromatic heterocycles. The summed E-state index contributed by atoms with van der Waals surface area (Å²) in [6, 6.07) is -0.341. The number of aliphatic carboxylic acids is 1. The van der Waals surface area contributed by atoms with Crippen LogP contribution in [0.1, 0.15) is 149 Å². The first-order valence-corrected chi connectivity index (χ1v) is 27.0. The number of allylic oxidation sites excluding steroid dienone is 2. The van der Waals surface area contributed by atoms with Crippen LogP contribution in [0.5, 0.6) is 0 Å². The number of nitrogens with zero attached hydrogens (tertiary/aromatic N) is 1. The number of carboxylic acids is 1. The highest BCUT2D eigenvalue weighted by atomic mass is 16.7. The Morgan fingerprint density at radius 1 is 0.971 bits per heavy atom. The van der Waals surface area contributed by atoms with Crippen LogP contribution in [0.25, 0.3) is 0 Å². The third-order valence-electron chi connectivity index (χ3n) is 22.7. The molecule has 16 heteroatoms. The molecule has 0 aromatic carbocycles. The third kappa shape index (κ3) is 7.35. The maximum absolute atomic E-state index is 14.8. The van der Waals surface area contributed by atoms with E-state index < -0.39 is 105 Å². The lowest BCUT2D eigenvalue weighted by Gasteiger charge is -2.75. The van der Waals surface area contributed by atoms with E-state index in [2.05, 4.69) is 56.0 Å². The molecule has 6 aliphatic carbocycles. The second kappa shape index (κ2) is 18.7. The predicted octanol–water partition coefficient (Wildman–Crippen LogP) is 4.15. The van der Waals surface area contributed by atoms with Gasteiger partial charge in [0.2, 0.25) is 5.91 Å². The molecule has 0 unspecified atom stereocenters. The minimum atomic E-state index is -1.68. The predicted molar refractivity (Wildman–Crippen MR) is 258 cm³/mol. The Bertz CT molecular complexity index is 2100. The smallest absolute Gasteiger partial charge is 0.310 e. The number of ether oxygens (including phenoxy) is 2. The van der Waals surface area contributed by atoms with E-state index in [0.717, 1.165) is 25.0 Å². The minimum absolute atomic E-state index is 0.00205. The highest BCUT2D eigenvalue weighted by Crippen LogP contribution is 2.79. The van der Waals surface area contributed by atoms with Crippen molar-refractivity contribution in [1.29, 1.82) is 0 Å². The summed E-state index contributed by atoms with van der Waals surface area (Å²) in [7, 11) is 0. The van der Waals surface area contributed by atoms with Crippen LogP contribution in [-0.2, 0) is 19.1 Å². The number of carboxylic acid groups (broad SMARTS) is 1. The molecule has 1 amide bonds. The molecule has 21 atom stereocenters. The van der Waals surface area contributed by atoms with Gasteiger partial charge in [0.15, 0.2) is 6.29 Å². The maximum atomic E-state index is 14.8. The van der Waals surface area contributed by atoms with Crippen molar-refractivity contribution in [3.05, 3.63) is 29.9 Å². The molecule has 0 radical (unpaired) electrons. The number of fused-ring (bicyclic) bond motifs is 7. The quantitative estimate of drug-likeness (QED) is 0.0924. The van der Waals surface area contributed by atoms with Crippen molar-refractivity contribution >= 4 is 11.9 Å². The first-order valence-electron chi connectivity index (χ1n) is 27.0. The molecule has 0 bridgehead atoms. The summed E-state index contributed by atoms with van der Waals surface area (Å²) < 4.78 is 12.7. The van der Waals surface area contributed by atoms with Gasteiger partial charge in [-0.25, -0.2) is 4.98 Å². The van der Waals surface area contributed by atoms with Crippen molar-refractivity contribution in [3.8, 4) is 0 Å². The van der Waals surface area contributed by atoms with Crippen LogP contribution in [0.2, 0.25) is 0 Å². The summed E-state index contributed by atoms with van der Waals surface area (Å²) >= 11 is 0. The molecule has 70 heavy (non-hydrogen) atoms. The van der Waals surface area contributed by atoms with Gasteiger partial charge in [0.25, 0.3) is 0 Å². The van der Waals surface area contributed by atoms with E-state index in [-0.39, 0.29) is 54.8 Å². The Balaban J connectivity index is 1.23. The van der Waals surface area contributed by atoms with E-state index in [1.54, 1.807) is 6.33 Å². The number of carbonyl (C=O) groups is 2. The number of aliphatic hydroxyl groups is 7. The topological polar surface area (TPSA) is 281 Å². The van der Waals surface area contributed by atoms with Crippen molar-refractivity contribution < 1.29 is 59.9 Å². The number of nitrogens with two attached hydrogens (primary N) is 1. The molecule has 3 heterocycles. The third-order valence-corrected chi connectivity index (χ3v) is 22.7. The molecule has 394 valence electrons. The molecule has 2 saturated heterocycles. The number of H-pyrrole nitrogens is 1. The number of amides is 1. The average molecular weight is 983 g/mol. The molecule has 8 aliphatic rings. The summed E-state index contributed by atoms with van der Waals surface area (Å²) in [5.74, 6) is -2.59. The van der Waals surface area contributed by atoms with E-state index in [9.17, 15) is 50.4 Å². The Hall–Kier alpha value is -2.51. The van der Waals surface area contributed by atoms with Gasteiger partial charge in [0.1, 0.15) is 18.3 Å². The Kier molecular flexibility index (Phi) is 14.0. The molecular formula is C54H86N4O12. The van der Waals surface area contributed by atoms with Crippen LogP contribution >= 0.6 is 0 Å². The van der Waals surface area contributed by atoms with Crippen LogP contribution in [0.3, 0.4) is 0 Å². The number of aromatic amines is 1. The molecule has 1 spiro atoms. The molecule has 9 rings (SSSR count). The lowest BCUT2D eigenvalue weighted by molar-refractivity contribution is -0.349. The van der Waals surface area contributed by atoms with Gasteiger partial charge in [0, 0.05) is 35.9 Å². The van der Waals surface area contributed by atoms with Crippen LogP contribution < -0.4 is 11.1 Å². The van der Waals surface area contributed by atoms with E-state index in [0.29, 0.717) is 83.6 Å². The molecule has 2 aliphatic heterocycles. The zero-order chi connectivity index (χ0) is 50.6. The molecule has 12 N–H and O–H groups in total. The van der Waals surface area contributed by atoms with Crippen molar-refractivity contribution in [2.45, 2.75) is 193 Å². The van der Waals surface area contributed by atoms with Crippen LogP contribution in [-0.4, -0.2) is 138 Å². The number of nitrogens with one attached hydrogen (secondary N) is 2. The standard InChI is InChI=1S/C54H86N4O12/c1-7-29-22-54(47(67)68)19-18-48(2,27-60)23-34(54)31-12-13-37-49(3,52(29,31)6)17-14-38-50(37,4)33(41(63)44(51(38,5)39(62)25-59)70-45-43(65)42(64)36(61)26-69-45)21-32-40(58-46(66)53(32)15-8-9-16-53)30(11-10-20-55)35-24-56-28-57-35/h12,24,28-30,32-34,36-45,59-65H,7-11,13-23,25-27,55H2,1-6H3,(H,56,57)(H,58,66)(H,67,68)/t29-,30+,32+,33-,34-,36+,37-,38-,39+,40+,41+,42-,43+,44+,45-,48-,49+,50+,51+,52+,54-/m0/s1. The second-order valence-corrected chi connectivity index (χ2v) is 25.2. The molecule has 16 nitrogen and oxygen atoms in total. The summed E-state index contributed by atoms with van der Waals surface area (Å²) in [6.07, 6.45) is 5.51. The van der Waals surface area contributed by atoms with Gasteiger partial charge in [0.05, 0.1) is 48.7 Å².